The van der Waals surface area contributed by atoms with Gasteiger partial charge in [-0.1, -0.05) is 45.2 Å². The Labute approximate surface area is 126 Å². The molecule has 0 saturated carbocycles. The predicted molar refractivity (Wildman–Crippen MR) is 87.2 cm³/mol. The molecule has 19 heavy (non-hydrogen) atoms. The Morgan fingerprint density at radius 2 is 1.79 bits per heavy atom. The Morgan fingerprint density at radius 3 is 2.32 bits per heavy atom. The van der Waals surface area contributed by atoms with Crippen molar-refractivity contribution < 1.29 is 4.74 Å². The number of rotatable bonds is 7. The minimum atomic E-state index is 0.0516. The summed E-state index contributed by atoms with van der Waals surface area (Å²) in [6.45, 7) is 9.67. The maximum atomic E-state index is 5.54. The molecule has 1 rings (SSSR count). The van der Waals surface area contributed by atoms with Crippen molar-refractivity contribution in [3.63, 3.8) is 0 Å². The number of nitrogens with zero attached hydrogens (tertiary/aromatic N) is 1. The van der Waals surface area contributed by atoms with Crippen LogP contribution in [-0.4, -0.2) is 40.4 Å². The molecular weight excluding hydrogens is 276 g/mol. The highest BCUT2D eigenvalue weighted by Gasteiger charge is 2.27. The molecule has 0 bridgehead atoms. The molecule has 0 aliphatic carbocycles. The summed E-state index contributed by atoms with van der Waals surface area (Å²) in [5, 5.41) is 3.05. The van der Waals surface area contributed by atoms with Crippen molar-refractivity contribution in [1.29, 1.82) is 0 Å². The molecule has 0 aromatic heterocycles. The molecule has 0 atom stereocenters. The molecule has 0 aliphatic heterocycles. The van der Waals surface area contributed by atoms with Crippen molar-refractivity contribution >= 4 is 30.1 Å². The molecule has 3 nitrogen and oxygen atoms in total. The Morgan fingerprint density at radius 1 is 1.16 bits per heavy atom. The summed E-state index contributed by atoms with van der Waals surface area (Å²) >= 11 is 10.8. The van der Waals surface area contributed by atoms with E-state index in [1.807, 2.05) is 7.05 Å². The molecule has 108 valence electrons. The van der Waals surface area contributed by atoms with Crippen LogP contribution in [0.5, 0.6) is 0 Å². The zero-order valence-electron chi connectivity index (χ0n) is 12.5. The van der Waals surface area contributed by atoms with Gasteiger partial charge < -0.3 is 15.0 Å². The van der Waals surface area contributed by atoms with Gasteiger partial charge in [-0.05, 0) is 12.5 Å². The molecule has 0 fully saturated rings. The Kier molecular flexibility index (Phi) is 6.05. The summed E-state index contributed by atoms with van der Waals surface area (Å²) in [7, 11) is 3.97. The zero-order valence-corrected chi connectivity index (χ0v) is 14.1. The first-order chi connectivity index (χ1) is 8.80. The van der Waals surface area contributed by atoms with Gasteiger partial charge in [-0.15, -0.1) is 0 Å². The first kappa shape index (κ1) is 16.7. The molecule has 0 amide bonds. The van der Waals surface area contributed by atoms with Gasteiger partial charge in [-0.3, -0.25) is 0 Å². The molecule has 1 aromatic rings. The second-order valence-corrected chi connectivity index (χ2v) is 6.59. The van der Waals surface area contributed by atoms with E-state index in [4.69, 9.17) is 29.2 Å². The van der Waals surface area contributed by atoms with E-state index in [-0.39, 0.29) is 5.41 Å². The molecular formula is C14H24N2OS2. The summed E-state index contributed by atoms with van der Waals surface area (Å²) in [6, 6.07) is 0. The van der Waals surface area contributed by atoms with E-state index in [0.29, 0.717) is 6.61 Å². The number of ether oxygens (including phenoxy) is 1. The SMILES string of the molecule is CNCCOCCN(C)c1c(C(C)(C)C)c(=S)c1=S. The maximum Gasteiger partial charge on any atom is 0.0798 e. The molecule has 0 radical (unpaired) electrons. The predicted octanol–water partition coefficient (Wildman–Crippen LogP) is 2.99. The number of nitrogens with one attached hydrogen (secondary N) is 1. The van der Waals surface area contributed by atoms with Crippen LogP contribution in [-0.2, 0) is 10.2 Å². The average molecular weight is 300 g/mol. The van der Waals surface area contributed by atoms with Crippen LogP contribution in [0.15, 0.2) is 0 Å². The molecule has 0 heterocycles. The van der Waals surface area contributed by atoms with Crippen molar-refractivity contribution in [2.75, 3.05) is 45.3 Å². The number of hydrogen-bond donors (Lipinski definition) is 1. The van der Waals surface area contributed by atoms with Crippen LogP contribution in [0.25, 0.3) is 0 Å². The third-order valence-electron chi connectivity index (χ3n) is 3.08. The largest absolute Gasteiger partial charge is 0.378 e. The van der Waals surface area contributed by atoms with Crippen molar-refractivity contribution in [3.8, 4) is 0 Å². The van der Waals surface area contributed by atoms with Gasteiger partial charge in [0.25, 0.3) is 0 Å². The monoisotopic (exact) mass is 300 g/mol. The lowest BCUT2D eigenvalue weighted by molar-refractivity contribution is 0.144. The number of likely N-dealkylation sites (N-methyl/N-ethyl adjacent to an activating group) is 2. The van der Waals surface area contributed by atoms with E-state index in [9.17, 15) is 0 Å². The fraction of sp³-hybridized carbons (Fsp3) is 0.714. The standard InChI is InChI=1S/C14H24N2OS2/c1-14(2,3)10-11(13(19)12(10)18)16(5)7-9-17-8-6-15-4/h15H,6-9H2,1-5H3. The number of anilines is 1. The maximum absolute atomic E-state index is 5.54. The van der Waals surface area contributed by atoms with E-state index in [2.05, 4.69) is 38.0 Å². The normalized spacial score (nSPS) is 12.1. The average Bonchev–Trinajstić information content (AvgIpc) is 2.32. The van der Waals surface area contributed by atoms with E-state index < -0.39 is 0 Å². The quantitative estimate of drug-likeness (QED) is 0.616. The smallest absolute Gasteiger partial charge is 0.0798 e. The molecule has 1 aromatic carbocycles. The van der Waals surface area contributed by atoms with Crippen LogP contribution in [0.4, 0.5) is 5.69 Å². The van der Waals surface area contributed by atoms with Crippen molar-refractivity contribution in [2.24, 2.45) is 0 Å². The fourth-order valence-electron chi connectivity index (χ4n) is 2.03. The molecule has 0 aliphatic rings. The highest BCUT2D eigenvalue weighted by Crippen LogP contribution is 2.38. The highest BCUT2D eigenvalue weighted by molar-refractivity contribution is 7.74. The lowest BCUT2D eigenvalue weighted by Crippen LogP contribution is -2.29. The second kappa shape index (κ2) is 6.88. The van der Waals surface area contributed by atoms with Gasteiger partial charge in [-0.2, -0.15) is 0 Å². The Balaban J connectivity index is 2.64. The minimum Gasteiger partial charge on any atom is -0.378 e. The van der Waals surface area contributed by atoms with Gasteiger partial charge in [0.05, 0.1) is 27.9 Å². The molecule has 5 heteroatoms. The van der Waals surface area contributed by atoms with Gasteiger partial charge in [0.2, 0.25) is 0 Å². The van der Waals surface area contributed by atoms with E-state index in [1.165, 1.54) is 5.56 Å². The zero-order chi connectivity index (χ0) is 14.6. The molecule has 1 N–H and O–H groups in total. The topological polar surface area (TPSA) is 24.5 Å². The summed E-state index contributed by atoms with van der Waals surface area (Å²) in [6.07, 6.45) is 0. The lowest BCUT2D eigenvalue weighted by Gasteiger charge is -2.32. The van der Waals surface area contributed by atoms with Crippen LogP contribution in [0.3, 0.4) is 0 Å². The van der Waals surface area contributed by atoms with E-state index in [1.54, 1.807) is 0 Å². The summed E-state index contributed by atoms with van der Waals surface area (Å²) in [5.74, 6) is 0. The van der Waals surface area contributed by atoms with Crippen LogP contribution in [0, 0.1) is 9.02 Å². The van der Waals surface area contributed by atoms with Crippen LogP contribution in [0.2, 0.25) is 0 Å². The molecule has 0 spiro atoms. The van der Waals surface area contributed by atoms with Crippen molar-refractivity contribution in [1.82, 2.24) is 5.32 Å². The summed E-state index contributed by atoms with van der Waals surface area (Å²) in [4.78, 5) is 2.16. The summed E-state index contributed by atoms with van der Waals surface area (Å²) in [5.41, 5.74) is 2.39. The van der Waals surface area contributed by atoms with Crippen molar-refractivity contribution in [2.45, 2.75) is 26.2 Å². The fourth-order valence-corrected chi connectivity index (χ4v) is 2.89. The highest BCUT2D eigenvalue weighted by atomic mass is 32.1. The van der Waals surface area contributed by atoms with Crippen LogP contribution < -0.4 is 10.2 Å². The van der Waals surface area contributed by atoms with Gasteiger partial charge in [0.15, 0.2) is 0 Å². The minimum absolute atomic E-state index is 0.0516. The van der Waals surface area contributed by atoms with Crippen molar-refractivity contribution in [3.05, 3.63) is 14.6 Å². The molecule has 0 unspecified atom stereocenters. The summed E-state index contributed by atoms with van der Waals surface area (Å²) < 4.78 is 7.24. The Bertz CT molecular complexity index is 484. The first-order valence-electron chi connectivity index (χ1n) is 6.58. The third kappa shape index (κ3) is 4.05. The van der Waals surface area contributed by atoms with Gasteiger partial charge in [0.1, 0.15) is 0 Å². The van der Waals surface area contributed by atoms with E-state index >= 15 is 0 Å². The Hall–Kier alpha value is -0.360. The van der Waals surface area contributed by atoms with Gasteiger partial charge in [-0.25, -0.2) is 0 Å². The molecule has 0 saturated heterocycles. The third-order valence-corrected chi connectivity index (χ3v) is 4.02. The van der Waals surface area contributed by atoms with Gasteiger partial charge >= 0.3 is 0 Å². The lowest BCUT2D eigenvalue weighted by atomic mass is 9.83. The van der Waals surface area contributed by atoms with Crippen LogP contribution >= 0.6 is 24.4 Å². The first-order valence-corrected chi connectivity index (χ1v) is 7.39. The van der Waals surface area contributed by atoms with Crippen LogP contribution in [0.1, 0.15) is 26.3 Å². The number of hydrogen-bond acceptors (Lipinski definition) is 5. The van der Waals surface area contributed by atoms with Gasteiger partial charge in [0, 0.05) is 25.7 Å². The second-order valence-electron chi connectivity index (χ2n) is 5.77. The van der Waals surface area contributed by atoms with E-state index in [0.717, 1.165) is 34.4 Å².